The van der Waals surface area contributed by atoms with Gasteiger partial charge < -0.3 is 5.11 Å². The van der Waals surface area contributed by atoms with Gasteiger partial charge in [0.1, 0.15) is 0 Å². The first-order valence-electron chi connectivity index (χ1n) is 6.01. The molecular formula is C13H14N2O4S2. The number of carboxylic acid groups (broad SMARTS) is 1. The number of sulfonamides is 1. The van der Waals surface area contributed by atoms with Crippen molar-refractivity contribution in [2.45, 2.75) is 17.7 Å². The van der Waals surface area contributed by atoms with E-state index in [9.17, 15) is 13.2 Å². The van der Waals surface area contributed by atoms with Crippen molar-refractivity contribution in [3.8, 4) is 0 Å². The first kappa shape index (κ1) is 15.6. The molecule has 0 unspecified atom stereocenters. The van der Waals surface area contributed by atoms with Gasteiger partial charge in [0.2, 0.25) is 0 Å². The average molecular weight is 326 g/mol. The van der Waals surface area contributed by atoms with Crippen molar-refractivity contribution in [3.63, 3.8) is 0 Å². The van der Waals surface area contributed by atoms with E-state index in [0.29, 0.717) is 10.6 Å². The Morgan fingerprint density at radius 3 is 2.43 bits per heavy atom. The minimum absolute atomic E-state index is 0.166. The molecule has 0 aliphatic carbocycles. The fourth-order valence-corrected chi connectivity index (χ4v) is 4.19. The zero-order valence-corrected chi connectivity index (χ0v) is 13.1. The molecule has 0 atom stereocenters. The molecule has 0 saturated carbocycles. The molecule has 6 nitrogen and oxygen atoms in total. The van der Waals surface area contributed by atoms with Crippen LogP contribution in [-0.2, 0) is 16.6 Å². The van der Waals surface area contributed by atoms with Crippen LogP contribution in [0.5, 0.6) is 0 Å². The van der Waals surface area contributed by atoms with Crippen molar-refractivity contribution >= 4 is 27.3 Å². The number of carbonyl (C=O) groups is 1. The van der Waals surface area contributed by atoms with Crippen LogP contribution in [0.3, 0.4) is 0 Å². The smallest absolute Gasteiger partial charge is 0.335 e. The van der Waals surface area contributed by atoms with Crippen LogP contribution in [0.15, 0.2) is 34.7 Å². The van der Waals surface area contributed by atoms with Gasteiger partial charge in [0.15, 0.2) is 4.21 Å². The number of benzene rings is 1. The maximum atomic E-state index is 12.3. The van der Waals surface area contributed by atoms with E-state index in [0.717, 1.165) is 11.3 Å². The summed E-state index contributed by atoms with van der Waals surface area (Å²) < 4.78 is 26.1. The molecule has 0 spiro atoms. The largest absolute Gasteiger partial charge is 0.478 e. The van der Waals surface area contributed by atoms with Gasteiger partial charge in [-0.3, -0.25) is 0 Å². The van der Waals surface area contributed by atoms with Gasteiger partial charge in [0.25, 0.3) is 10.0 Å². The lowest BCUT2D eigenvalue weighted by atomic mass is 10.1. The molecule has 2 rings (SSSR count). The second-order valence-electron chi connectivity index (χ2n) is 4.46. The average Bonchev–Trinajstić information content (AvgIpc) is 2.86. The summed E-state index contributed by atoms with van der Waals surface area (Å²) in [5, 5.41) is 9.51. The summed E-state index contributed by atoms with van der Waals surface area (Å²) in [5.74, 6) is -1.01. The van der Waals surface area contributed by atoms with Crippen LogP contribution < -0.4 is 0 Å². The Kier molecular flexibility index (Phi) is 4.40. The standard InChI is InChI=1S/C13H14N2O4S2/c1-9-14-7-12(20-9)21(18,19)15(2)8-10-3-5-11(6-4-10)13(16)17/h3-7H,8H2,1-2H3,(H,16,17). The number of nitrogens with zero attached hydrogens (tertiary/aromatic N) is 2. The number of aryl methyl sites for hydroxylation is 1. The normalized spacial score (nSPS) is 11.8. The molecule has 1 aromatic carbocycles. The highest BCUT2D eigenvalue weighted by molar-refractivity contribution is 7.91. The SMILES string of the molecule is Cc1ncc(S(=O)(=O)N(C)Cc2ccc(C(=O)O)cc2)s1. The third kappa shape index (κ3) is 3.46. The minimum atomic E-state index is -3.57. The number of hydrogen-bond donors (Lipinski definition) is 1. The minimum Gasteiger partial charge on any atom is -0.478 e. The number of hydrogen-bond acceptors (Lipinski definition) is 5. The first-order chi connectivity index (χ1) is 9.80. The lowest BCUT2D eigenvalue weighted by molar-refractivity contribution is 0.0697. The van der Waals surface area contributed by atoms with E-state index in [1.54, 1.807) is 19.1 Å². The maximum Gasteiger partial charge on any atom is 0.335 e. The van der Waals surface area contributed by atoms with E-state index in [4.69, 9.17) is 5.11 Å². The highest BCUT2D eigenvalue weighted by Crippen LogP contribution is 2.22. The van der Waals surface area contributed by atoms with Crippen LogP contribution in [0.25, 0.3) is 0 Å². The van der Waals surface area contributed by atoms with Crippen molar-refractivity contribution in [1.82, 2.24) is 9.29 Å². The Hall–Kier alpha value is -1.77. The van der Waals surface area contributed by atoms with Crippen molar-refractivity contribution in [2.24, 2.45) is 0 Å². The third-order valence-corrected chi connectivity index (χ3v) is 6.02. The Morgan fingerprint density at radius 2 is 1.95 bits per heavy atom. The summed E-state index contributed by atoms with van der Waals surface area (Å²) >= 11 is 1.12. The molecule has 0 bridgehead atoms. The quantitative estimate of drug-likeness (QED) is 0.907. The van der Waals surface area contributed by atoms with Crippen LogP contribution in [0, 0.1) is 6.92 Å². The van der Waals surface area contributed by atoms with E-state index in [1.807, 2.05) is 0 Å². The van der Waals surface area contributed by atoms with Crippen LogP contribution >= 0.6 is 11.3 Å². The third-order valence-electron chi connectivity index (χ3n) is 2.87. The van der Waals surface area contributed by atoms with Crippen molar-refractivity contribution in [1.29, 1.82) is 0 Å². The highest BCUT2D eigenvalue weighted by atomic mass is 32.2. The molecule has 0 aliphatic heterocycles. The Labute approximate surface area is 126 Å². The summed E-state index contributed by atoms with van der Waals surface area (Å²) in [6, 6.07) is 6.12. The molecule has 112 valence electrons. The van der Waals surface area contributed by atoms with Crippen LogP contribution in [0.2, 0.25) is 0 Å². The van der Waals surface area contributed by atoms with Gasteiger partial charge in [0.05, 0.1) is 16.8 Å². The molecule has 1 aromatic heterocycles. The van der Waals surface area contributed by atoms with Crippen LogP contribution in [0.4, 0.5) is 0 Å². The summed E-state index contributed by atoms with van der Waals surface area (Å²) in [5.41, 5.74) is 0.884. The molecule has 1 heterocycles. The van der Waals surface area contributed by atoms with Crippen LogP contribution in [0.1, 0.15) is 20.9 Å². The summed E-state index contributed by atoms with van der Waals surface area (Å²) in [4.78, 5) is 14.7. The predicted molar refractivity (Wildman–Crippen MR) is 78.9 cm³/mol. The predicted octanol–water partition coefficient (Wildman–Crippen LogP) is 1.97. The number of thiazole rings is 1. The molecule has 0 saturated heterocycles. The molecule has 1 N–H and O–H groups in total. The molecule has 21 heavy (non-hydrogen) atoms. The van der Waals surface area contributed by atoms with Crippen molar-refractivity contribution in [3.05, 3.63) is 46.6 Å². The number of rotatable bonds is 5. The molecule has 0 amide bonds. The van der Waals surface area contributed by atoms with Crippen LogP contribution in [-0.4, -0.2) is 35.8 Å². The highest BCUT2D eigenvalue weighted by Gasteiger charge is 2.23. The second-order valence-corrected chi connectivity index (χ2v) is 7.97. The van der Waals surface area contributed by atoms with Gasteiger partial charge in [0, 0.05) is 13.6 Å². The van der Waals surface area contributed by atoms with Gasteiger partial charge in [-0.2, -0.15) is 4.31 Å². The van der Waals surface area contributed by atoms with E-state index < -0.39 is 16.0 Å². The number of carboxylic acids is 1. The Bertz CT molecular complexity index is 751. The van der Waals surface area contributed by atoms with Gasteiger partial charge >= 0.3 is 5.97 Å². The molecule has 0 aliphatic rings. The summed E-state index contributed by atoms with van der Waals surface area (Å²) in [6.07, 6.45) is 1.35. The second kappa shape index (κ2) is 5.92. The van der Waals surface area contributed by atoms with Gasteiger partial charge in [-0.1, -0.05) is 12.1 Å². The number of aromatic nitrogens is 1. The molecule has 0 radical (unpaired) electrons. The fraction of sp³-hybridized carbons (Fsp3) is 0.231. The van der Waals surface area contributed by atoms with Gasteiger partial charge in [-0.15, -0.1) is 11.3 Å². The molecule has 8 heteroatoms. The van der Waals surface area contributed by atoms with Gasteiger partial charge in [-0.25, -0.2) is 18.2 Å². The van der Waals surface area contributed by atoms with Crippen molar-refractivity contribution < 1.29 is 18.3 Å². The topological polar surface area (TPSA) is 87.6 Å². The lowest BCUT2D eigenvalue weighted by Crippen LogP contribution is -2.25. The molecule has 2 aromatic rings. The van der Waals surface area contributed by atoms with E-state index in [2.05, 4.69) is 4.98 Å². The summed E-state index contributed by atoms with van der Waals surface area (Å²) in [7, 11) is -2.09. The monoisotopic (exact) mass is 326 g/mol. The first-order valence-corrected chi connectivity index (χ1v) is 8.27. The lowest BCUT2D eigenvalue weighted by Gasteiger charge is -2.15. The fourth-order valence-electron chi connectivity index (χ4n) is 1.71. The molecular weight excluding hydrogens is 312 g/mol. The Morgan fingerprint density at radius 1 is 1.33 bits per heavy atom. The Balaban J connectivity index is 2.17. The van der Waals surface area contributed by atoms with E-state index in [-0.39, 0.29) is 16.3 Å². The van der Waals surface area contributed by atoms with Crippen molar-refractivity contribution in [2.75, 3.05) is 7.05 Å². The van der Waals surface area contributed by atoms with E-state index in [1.165, 1.54) is 29.7 Å². The maximum absolute atomic E-state index is 12.3. The molecule has 0 fully saturated rings. The number of aromatic carboxylic acids is 1. The zero-order valence-electron chi connectivity index (χ0n) is 11.5. The van der Waals surface area contributed by atoms with E-state index >= 15 is 0 Å². The zero-order chi connectivity index (χ0) is 15.6. The summed E-state index contributed by atoms with van der Waals surface area (Å²) in [6.45, 7) is 1.91. The van der Waals surface area contributed by atoms with Gasteiger partial charge in [-0.05, 0) is 24.6 Å².